The number of hydrogen-bond acceptors (Lipinski definition) is 2. The Labute approximate surface area is 95.6 Å². The lowest BCUT2D eigenvalue weighted by Crippen LogP contribution is -2.47. The molecule has 0 spiro atoms. The van der Waals surface area contributed by atoms with Crippen LogP contribution in [0.1, 0.15) is 27.2 Å². The second-order valence-electron chi connectivity index (χ2n) is 4.95. The Kier molecular flexibility index (Phi) is 2.58. The van der Waals surface area contributed by atoms with Gasteiger partial charge in [-0.3, -0.25) is 4.79 Å². The first kappa shape index (κ1) is 11.0. The summed E-state index contributed by atoms with van der Waals surface area (Å²) in [6, 6.07) is 0. The van der Waals surface area contributed by atoms with E-state index < -0.39 is 4.87 Å². The second-order valence-corrected chi connectivity index (χ2v) is 5.58. The van der Waals surface area contributed by atoms with Crippen LogP contribution in [0.3, 0.4) is 0 Å². The van der Waals surface area contributed by atoms with E-state index in [1.807, 2.05) is 6.92 Å². The van der Waals surface area contributed by atoms with Crippen molar-refractivity contribution in [2.24, 2.45) is 17.8 Å². The van der Waals surface area contributed by atoms with Gasteiger partial charge in [-0.15, -0.1) is 11.6 Å². The molecule has 2 rings (SSSR count). The standard InChI is InChI=1S/C12H17ClO2/c1-7(2)9-5-4-8(3)10-6-15-11(14)12(9,10)13/h4,7,9-10H,5-6H2,1-3H3/t9-,10+,12+/m1/s1. The van der Waals surface area contributed by atoms with E-state index in [9.17, 15) is 4.79 Å². The first-order valence-electron chi connectivity index (χ1n) is 5.50. The van der Waals surface area contributed by atoms with Crippen LogP contribution in [0, 0.1) is 17.8 Å². The van der Waals surface area contributed by atoms with Crippen molar-refractivity contribution in [3.8, 4) is 0 Å². The molecule has 1 aliphatic heterocycles. The van der Waals surface area contributed by atoms with E-state index in [-0.39, 0.29) is 17.8 Å². The number of rotatable bonds is 1. The number of hydrogen-bond donors (Lipinski definition) is 0. The minimum atomic E-state index is -0.799. The molecule has 1 fully saturated rings. The zero-order valence-electron chi connectivity index (χ0n) is 9.42. The molecule has 1 aliphatic carbocycles. The molecule has 1 heterocycles. The number of fused-ring (bicyclic) bond motifs is 1. The molecule has 84 valence electrons. The summed E-state index contributed by atoms with van der Waals surface area (Å²) in [4.78, 5) is 11.0. The fourth-order valence-corrected chi connectivity index (χ4v) is 3.42. The summed E-state index contributed by atoms with van der Waals surface area (Å²) in [5.41, 5.74) is 1.20. The number of cyclic esters (lactones) is 1. The zero-order chi connectivity index (χ0) is 11.2. The van der Waals surface area contributed by atoms with Gasteiger partial charge in [0.1, 0.15) is 6.61 Å². The molecule has 0 aromatic rings. The third-order valence-corrected chi connectivity index (χ3v) is 4.49. The lowest BCUT2D eigenvalue weighted by atomic mass is 9.69. The third-order valence-electron chi connectivity index (χ3n) is 3.79. The van der Waals surface area contributed by atoms with Crippen molar-refractivity contribution in [1.29, 1.82) is 0 Å². The Balaban J connectivity index is 2.42. The van der Waals surface area contributed by atoms with Gasteiger partial charge in [-0.1, -0.05) is 25.5 Å². The maximum absolute atomic E-state index is 11.8. The van der Waals surface area contributed by atoms with Gasteiger partial charge >= 0.3 is 5.97 Å². The van der Waals surface area contributed by atoms with E-state index in [1.165, 1.54) is 5.57 Å². The SMILES string of the molecule is CC1=CC[C@H](C(C)C)[C@@]2(Cl)C(=O)OC[C@@H]12. The molecule has 2 nitrogen and oxygen atoms in total. The molecule has 0 aromatic heterocycles. The highest BCUT2D eigenvalue weighted by molar-refractivity contribution is 6.35. The molecule has 0 N–H and O–H groups in total. The summed E-state index contributed by atoms with van der Waals surface area (Å²) in [6.07, 6.45) is 3.09. The fraction of sp³-hybridized carbons (Fsp3) is 0.750. The third kappa shape index (κ3) is 1.42. The molecule has 0 aromatic carbocycles. The molecular weight excluding hydrogens is 212 g/mol. The van der Waals surface area contributed by atoms with Crippen molar-refractivity contribution < 1.29 is 9.53 Å². The predicted octanol–water partition coefficient (Wildman–Crippen LogP) is 2.76. The summed E-state index contributed by atoms with van der Waals surface area (Å²) < 4.78 is 5.14. The number of ether oxygens (including phenoxy) is 1. The molecule has 3 heteroatoms. The molecular formula is C12H17ClO2. The van der Waals surface area contributed by atoms with Crippen LogP contribution in [0.5, 0.6) is 0 Å². The van der Waals surface area contributed by atoms with E-state index in [0.29, 0.717) is 12.5 Å². The van der Waals surface area contributed by atoms with E-state index in [4.69, 9.17) is 16.3 Å². The van der Waals surface area contributed by atoms with Crippen LogP contribution in [0.2, 0.25) is 0 Å². The van der Waals surface area contributed by atoms with Crippen LogP contribution >= 0.6 is 11.6 Å². The number of esters is 1. The van der Waals surface area contributed by atoms with Crippen molar-refractivity contribution in [2.45, 2.75) is 32.1 Å². The molecule has 0 bridgehead atoms. The Hall–Kier alpha value is -0.500. The maximum Gasteiger partial charge on any atom is 0.328 e. The highest BCUT2D eigenvalue weighted by Crippen LogP contribution is 2.50. The Bertz CT molecular complexity index is 322. The summed E-state index contributed by atoms with van der Waals surface area (Å²) >= 11 is 6.56. The summed E-state index contributed by atoms with van der Waals surface area (Å²) in [6.45, 7) is 6.73. The van der Waals surface area contributed by atoms with Crippen LogP contribution < -0.4 is 0 Å². The number of allylic oxidation sites excluding steroid dienone is 1. The van der Waals surface area contributed by atoms with Crippen LogP contribution in [0.25, 0.3) is 0 Å². The van der Waals surface area contributed by atoms with Crippen molar-refractivity contribution >= 4 is 17.6 Å². The molecule has 1 saturated heterocycles. The van der Waals surface area contributed by atoms with Crippen LogP contribution in [-0.2, 0) is 9.53 Å². The van der Waals surface area contributed by atoms with Gasteiger partial charge in [0.15, 0.2) is 4.87 Å². The van der Waals surface area contributed by atoms with Gasteiger partial charge in [-0.25, -0.2) is 0 Å². The molecule has 3 atom stereocenters. The van der Waals surface area contributed by atoms with Crippen LogP contribution in [0.4, 0.5) is 0 Å². The van der Waals surface area contributed by atoms with E-state index in [2.05, 4.69) is 19.9 Å². The Morgan fingerprint density at radius 2 is 2.27 bits per heavy atom. The van der Waals surface area contributed by atoms with E-state index in [1.54, 1.807) is 0 Å². The van der Waals surface area contributed by atoms with Gasteiger partial charge in [-0.05, 0) is 25.2 Å². The molecule has 0 amide bonds. The summed E-state index contributed by atoms with van der Waals surface area (Å²) in [5.74, 6) is 0.455. The van der Waals surface area contributed by atoms with Gasteiger partial charge in [0.25, 0.3) is 0 Å². The number of halogens is 1. The molecule has 0 saturated carbocycles. The minimum absolute atomic E-state index is 0.0767. The first-order chi connectivity index (χ1) is 6.98. The lowest BCUT2D eigenvalue weighted by molar-refractivity contribution is -0.141. The van der Waals surface area contributed by atoms with Crippen molar-refractivity contribution in [3.05, 3.63) is 11.6 Å². The summed E-state index contributed by atoms with van der Waals surface area (Å²) in [5, 5.41) is 0. The van der Waals surface area contributed by atoms with E-state index in [0.717, 1.165) is 6.42 Å². The monoisotopic (exact) mass is 228 g/mol. The highest BCUT2D eigenvalue weighted by atomic mass is 35.5. The molecule has 15 heavy (non-hydrogen) atoms. The van der Waals surface area contributed by atoms with Gasteiger partial charge < -0.3 is 4.74 Å². The van der Waals surface area contributed by atoms with Gasteiger partial charge in [-0.2, -0.15) is 0 Å². The molecule has 0 radical (unpaired) electrons. The number of carbonyl (C=O) groups is 1. The normalized spacial score (nSPS) is 40.1. The largest absolute Gasteiger partial charge is 0.464 e. The lowest BCUT2D eigenvalue weighted by Gasteiger charge is -2.38. The smallest absolute Gasteiger partial charge is 0.328 e. The Morgan fingerprint density at radius 1 is 1.60 bits per heavy atom. The van der Waals surface area contributed by atoms with Crippen molar-refractivity contribution in [2.75, 3.05) is 6.61 Å². The average Bonchev–Trinajstić information content (AvgIpc) is 2.44. The van der Waals surface area contributed by atoms with Crippen LogP contribution in [-0.4, -0.2) is 17.5 Å². The highest BCUT2D eigenvalue weighted by Gasteiger charge is 2.58. The Morgan fingerprint density at radius 3 is 2.87 bits per heavy atom. The first-order valence-corrected chi connectivity index (χ1v) is 5.88. The second kappa shape index (κ2) is 3.51. The van der Waals surface area contributed by atoms with Gasteiger partial charge in [0.05, 0.1) is 0 Å². The average molecular weight is 229 g/mol. The summed E-state index contributed by atoms with van der Waals surface area (Å²) in [7, 11) is 0. The predicted molar refractivity (Wildman–Crippen MR) is 59.7 cm³/mol. The van der Waals surface area contributed by atoms with E-state index >= 15 is 0 Å². The van der Waals surface area contributed by atoms with Gasteiger partial charge in [0, 0.05) is 5.92 Å². The molecule has 2 aliphatic rings. The zero-order valence-corrected chi connectivity index (χ0v) is 10.2. The number of carbonyl (C=O) groups excluding carboxylic acids is 1. The quantitative estimate of drug-likeness (QED) is 0.392. The maximum atomic E-state index is 11.8. The fourth-order valence-electron chi connectivity index (χ4n) is 2.79. The topological polar surface area (TPSA) is 26.3 Å². The van der Waals surface area contributed by atoms with Crippen LogP contribution in [0.15, 0.2) is 11.6 Å². The van der Waals surface area contributed by atoms with Crippen molar-refractivity contribution in [3.63, 3.8) is 0 Å². The molecule has 0 unspecified atom stereocenters. The van der Waals surface area contributed by atoms with Crippen molar-refractivity contribution in [1.82, 2.24) is 0 Å². The van der Waals surface area contributed by atoms with Gasteiger partial charge in [0.2, 0.25) is 0 Å². The minimum Gasteiger partial charge on any atom is -0.464 e. The number of alkyl halides is 1.